The predicted octanol–water partition coefficient (Wildman–Crippen LogP) is 3.80. The zero-order valence-electron chi connectivity index (χ0n) is 12.9. The van der Waals surface area contributed by atoms with Crippen LogP contribution >= 0.6 is 0 Å². The van der Waals surface area contributed by atoms with Gasteiger partial charge in [-0.3, -0.25) is 0 Å². The fraction of sp³-hybridized carbons (Fsp3) is 0.211. The van der Waals surface area contributed by atoms with E-state index >= 15 is 0 Å². The van der Waals surface area contributed by atoms with Crippen molar-refractivity contribution in [2.45, 2.75) is 20.0 Å². The molecule has 0 aliphatic heterocycles. The molecule has 0 bridgehead atoms. The van der Waals surface area contributed by atoms with Crippen LogP contribution in [0.1, 0.15) is 23.1 Å². The van der Waals surface area contributed by atoms with E-state index in [0.29, 0.717) is 24.1 Å². The van der Waals surface area contributed by atoms with E-state index in [0.717, 1.165) is 5.56 Å². The van der Waals surface area contributed by atoms with Crippen molar-refractivity contribution in [3.63, 3.8) is 0 Å². The molecule has 0 fully saturated rings. The summed E-state index contributed by atoms with van der Waals surface area (Å²) in [5.41, 5.74) is 2.14. The molecule has 0 saturated heterocycles. The Morgan fingerprint density at radius 2 is 1.96 bits per heavy atom. The Bertz CT molecular complexity index is 717. The van der Waals surface area contributed by atoms with Crippen LogP contribution in [0.4, 0.5) is 9.18 Å². The van der Waals surface area contributed by atoms with Crippen LogP contribution < -0.4 is 5.32 Å². The van der Waals surface area contributed by atoms with Crippen LogP contribution in [0.15, 0.2) is 48.5 Å². The molecule has 4 heteroatoms. The maximum Gasteiger partial charge on any atom is 0.407 e. The fourth-order valence-corrected chi connectivity index (χ4v) is 1.90. The highest BCUT2D eigenvalue weighted by Crippen LogP contribution is 2.10. The normalized spacial score (nSPS) is 9.65. The summed E-state index contributed by atoms with van der Waals surface area (Å²) in [6.07, 6.45) is -0.00581. The molecule has 0 heterocycles. The Balaban J connectivity index is 1.70. The molecule has 0 aliphatic carbocycles. The van der Waals surface area contributed by atoms with Crippen molar-refractivity contribution in [1.82, 2.24) is 5.32 Å². The van der Waals surface area contributed by atoms with Gasteiger partial charge in [-0.05, 0) is 24.6 Å². The molecule has 2 rings (SSSR count). The monoisotopic (exact) mass is 311 g/mol. The average molecular weight is 311 g/mol. The second kappa shape index (κ2) is 8.60. The number of carbonyl (C=O) groups is 1. The van der Waals surface area contributed by atoms with Crippen LogP contribution in [-0.2, 0) is 11.3 Å². The Morgan fingerprint density at radius 3 is 2.74 bits per heavy atom. The first kappa shape index (κ1) is 16.6. The quantitative estimate of drug-likeness (QED) is 0.689. The molecular weight excluding hydrogens is 293 g/mol. The van der Waals surface area contributed by atoms with E-state index in [1.54, 1.807) is 19.1 Å². The minimum absolute atomic E-state index is 0.237. The highest BCUT2D eigenvalue weighted by Gasteiger charge is 2.01. The highest BCUT2D eigenvalue weighted by atomic mass is 19.1. The van der Waals surface area contributed by atoms with Crippen molar-refractivity contribution in [1.29, 1.82) is 0 Å². The summed E-state index contributed by atoms with van der Waals surface area (Å²) >= 11 is 0. The number of nitrogens with one attached hydrogen (secondary N) is 1. The van der Waals surface area contributed by atoms with Crippen LogP contribution in [0.3, 0.4) is 0 Å². The van der Waals surface area contributed by atoms with Crippen LogP contribution in [0.25, 0.3) is 0 Å². The molecule has 0 aliphatic rings. The van der Waals surface area contributed by atoms with Crippen molar-refractivity contribution in [3.05, 3.63) is 71.0 Å². The first-order valence-electron chi connectivity index (χ1n) is 7.35. The first-order valence-corrected chi connectivity index (χ1v) is 7.35. The number of alkyl carbamates (subject to hydrolysis) is 1. The van der Waals surface area contributed by atoms with Gasteiger partial charge in [0.05, 0.1) is 0 Å². The third-order valence-corrected chi connectivity index (χ3v) is 3.22. The van der Waals surface area contributed by atoms with Crippen molar-refractivity contribution < 1.29 is 13.9 Å². The summed E-state index contributed by atoms with van der Waals surface area (Å²) in [5.74, 6) is 5.55. The highest BCUT2D eigenvalue weighted by molar-refractivity contribution is 5.67. The van der Waals surface area contributed by atoms with Crippen molar-refractivity contribution in [2.75, 3.05) is 6.54 Å². The number of carbonyl (C=O) groups excluding carboxylic acids is 1. The van der Waals surface area contributed by atoms with Crippen molar-refractivity contribution >= 4 is 6.09 Å². The van der Waals surface area contributed by atoms with Gasteiger partial charge in [0.25, 0.3) is 0 Å². The fourth-order valence-electron chi connectivity index (χ4n) is 1.90. The van der Waals surface area contributed by atoms with Crippen molar-refractivity contribution in [3.8, 4) is 11.8 Å². The van der Waals surface area contributed by atoms with E-state index in [1.807, 2.05) is 30.3 Å². The van der Waals surface area contributed by atoms with Gasteiger partial charge in [0, 0.05) is 24.1 Å². The molecule has 0 unspecified atom stereocenters. The van der Waals surface area contributed by atoms with Gasteiger partial charge in [-0.25, -0.2) is 9.18 Å². The number of rotatable bonds is 4. The first-order chi connectivity index (χ1) is 11.2. The predicted molar refractivity (Wildman–Crippen MR) is 87.3 cm³/mol. The molecule has 118 valence electrons. The van der Waals surface area contributed by atoms with Crippen LogP contribution in [0, 0.1) is 24.6 Å². The Morgan fingerprint density at radius 1 is 1.17 bits per heavy atom. The summed E-state index contributed by atoms with van der Waals surface area (Å²) < 4.78 is 18.4. The summed E-state index contributed by atoms with van der Waals surface area (Å²) in [6.45, 7) is 2.31. The summed E-state index contributed by atoms with van der Waals surface area (Å²) in [6, 6.07) is 14.3. The second-order valence-electron chi connectivity index (χ2n) is 4.95. The molecular formula is C19H18FNO2. The van der Waals surface area contributed by atoms with Gasteiger partial charge < -0.3 is 10.1 Å². The van der Waals surface area contributed by atoms with Gasteiger partial charge in [0.1, 0.15) is 12.4 Å². The lowest BCUT2D eigenvalue weighted by Crippen LogP contribution is -2.24. The van der Waals surface area contributed by atoms with Gasteiger partial charge in [0.2, 0.25) is 0 Å². The number of hydrogen-bond donors (Lipinski definition) is 1. The Hall–Kier alpha value is -2.80. The van der Waals surface area contributed by atoms with E-state index in [2.05, 4.69) is 17.2 Å². The molecule has 2 aromatic carbocycles. The van der Waals surface area contributed by atoms with Crippen LogP contribution in [-0.4, -0.2) is 12.6 Å². The van der Waals surface area contributed by atoms with Crippen LogP contribution in [0.5, 0.6) is 0 Å². The standard InChI is InChI=1S/C19H18FNO2/c1-15-17(11-7-12-18(15)20)10-5-6-13-21-19(22)23-14-16-8-3-2-4-9-16/h2-4,7-9,11-12H,6,13-14H2,1H3,(H,21,22). The molecule has 1 N–H and O–H groups in total. The second-order valence-corrected chi connectivity index (χ2v) is 4.95. The summed E-state index contributed by atoms with van der Waals surface area (Å²) in [7, 11) is 0. The van der Waals surface area contributed by atoms with E-state index in [1.165, 1.54) is 6.07 Å². The molecule has 0 radical (unpaired) electrons. The summed E-state index contributed by atoms with van der Waals surface area (Å²) in [5, 5.41) is 2.63. The number of hydrogen-bond acceptors (Lipinski definition) is 2. The zero-order valence-corrected chi connectivity index (χ0v) is 12.9. The average Bonchev–Trinajstić information content (AvgIpc) is 2.57. The van der Waals surface area contributed by atoms with Gasteiger partial charge in [0.15, 0.2) is 0 Å². The van der Waals surface area contributed by atoms with Crippen molar-refractivity contribution in [2.24, 2.45) is 0 Å². The molecule has 0 spiro atoms. The molecule has 2 aromatic rings. The summed E-state index contributed by atoms with van der Waals surface area (Å²) in [4.78, 5) is 11.5. The smallest absolute Gasteiger partial charge is 0.407 e. The number of ether oxygens (including phenoxy) is 1. The minimum Gasteiger partial charge on any atom is -0.445 e. The Kier molecular flexibility index (Phi) is 6.19. The number of benzene rings is 2. The number of amides is 1. The maximum atomic E-state index is 13.3. The van der Waals surface area contributed by atoms with E-state index in [9.17, 15) is 9.18 Å². The molecule has 0 atom stereocenters. The lowest BCUT2D eigenvalue weighted by molar-refractivity contribution is 0.140. The topological polar surface area (TPSA) is 38.3 Å². The van der Waals surface area contributed by atoms with Gasteiger partial charge >= 0.3 is 6.09 Å². The number of halogens is 1. The van der Waals surface area contributed by atoms with E-state index in [-0.39, 0.29) is 12.4 Å². The molecule has 0 aromatic heterocycles. The SMILES string of the molecule is Cc1c(F)cccc1C#CCCNC(=O)OCc1ccccc1. The van der Waals surface area contributed by atoms with E-state index in [4.69, 9.17) is 4.74 Å². The molecule has 23 heavy (non-hydrogen) atoms. The lowest BCUT2D eigenvalue weighted by atomic mass is 10.1. The van der Waals surface area contributed by atoms with Gasteiger partial charge in [-0.2, -0.15) is 0 Å². The zero-order chi connectivity index (χ0) is 16.5. The largest absolute Gasteiger partial charge is 0.445 e. The minimum atomic E-state index is -0.474. The van der Waals surface area contributed by atoms with Crippen LogP contribution in [0.2, 0.25) is 0 Å². The lowest BCUT2D eigenvalue weighted by Gasteiger charge is -2.05. The molecule has 1 amide bonds. The van der Waals surface area contributed by atoms with Gasteiger partial charge in [-0.15, -0.1) is 0 Å². The third kappa shape index (κ3) is 5.48. The van der Waals surface area contributed by atoms with Gasteiger partial charge in [-0.1, -0.05) is 48.2 Å². The Labute approximate surface area is 135 Å². The van der Waals surface area contributed by atoms with E-state index < -0.39 is 6.09 Å². The third-order valence-electron chi connectivity index (χ3n) is 3.22. The maximum absolute atomic E-state index is 13.3. The molecule has 3 nitrogen and oxygen atoms in total. The molecule has 0 saturated carbocycles.